The quantitative estimate of drug-likeness (QED) is 0.426. The van der Waals surface area contributed by atoms with Gasteiger partial charge in [0.15, 0.2) is 5.76 Å². The summed E-state index contributed by atoms with van der Waals surface area (Å²) in [4.78, 5) is 23.3. The van der Waals surface area contributed by atoms with Crippen LogP contribution in [0.25, 0.3) is 0 Å². The summed E-state index contributed by atoms with van der Waals surface area (Å²) in [6.45, 7) is 3.35. The second-order valence-corrected chi connectivity index (χ2v) is 6.79. The first kappa shape index (κ1) is 21.1. The Balaban J connectivity index is 1.57. The van der Waals surface area contributed by atoms with E-state index >= 15 is 0 Å². The van der Waals surface area contributed by atoms with Gasteiger partial charge in [0.1, 0.15) is 18.1 Å². The van der Waals surface area contributed by atoms with Crippen molar-refractivity contribution in [2.75, 3.05) is 5.32 Å². The first-order valence-electron chi connectivity index (χ1n) is 9.11. The molecule has 3 aromatic rings. The number of ether oxygens (including phenoxy) is 1. The Kier molecular flexibility index (Phi) is 6.87. The van der Waals surface area contributed by atoms with E-state index in [1.165, 1.54) is 6.92 Å². The number of carbonyl (C=O) groups is 2. The molecule has 30 heavy (non-hydrogen) atoms. The molecule has 1 heterocycles. The van der Waals surface area contributed by atoms with E-state index in [9.17, 15) is 9.59 Å². The van der Waals surface area contributed by atoms with Gasteiger partial charge in [0.05, 0.1) is 10.7 Å². The zero-order valence-corrected chi connectivity index (χ0v) is 17.2. The Morgan fingerprint density at radius 2 is 1.77 bits per heavy atom. The summed E-state index contributed by atoms with van der Waals surface area (Å²) < 4.78 is 11.1. The van der Waals surface area contributed by atoms with Crippen LogP contribution in [0.1, 0.15) is 35.7 Å². The maximum absolute atomic E-state index is 12.3. The number of hydrazone groups is 1. The molecule has 0 fully saturated rings. The van der Waals surface area contributed by atoms with Crippen LogP contribution in [0.3, 0.4) is 0 Å². The highest BCUT2D eigenvalue weighted by Gasteiger charge is 2.12. The average Bonchev–Trinajstić information content (AvgIpc) is 3.20. The largest absolute Gasteiger partial charge is 0.484 e. The molecular weight excluding hydrogens is 406 g/mol. The molecule has 0 saturated heterocycles. The minimum Gasteiger partial charge on any atom is -0.484 e. The highest BCUT2D eigenvalue weighted by atomic mass is 35.5. The molecule has 7 nitrogen and oxygen atoms in total. The lowest BCUT2D eigenvalue weighted by molar-refractivity contribution is -0.114. The number of hydrogen-bond acceptors (Lipinski definition) is 5. The lowest BCUT2D eigenvalue weighted by atomic mass is 10.1. The van der Waals surface area contributed by atoms with Crippen LogP contribution in [0.15, 0.2) is 70.2 Å². The van der Waals surface area contributed by atoms with Gasteiger partial charge in [0, 0.05) is 12.6 Å². The van der Waals surface area contributed by atoms with Gasteiger partial charge in [-0.2, -0.15) is 5.10 Å². The van der Waals surface area contributed by atoms with Gasteiger partial charge in [0.2, 0.25) is 5.91 Å². The summed E-state index contributed by atoms with van der Waals surface area (Å²) in [7, 11) is 0. The molecule has 0 radical (unpaired) electrons. The van der Waals surface area contributed by atoms with E-state index in [-0.39, 0.29) is 18.3 Å². The number of rotatable bonds is 7. The Morgan fingerprint density at radius 1 is 1.03 bits per heavy atom. The van der Waals surface area contributed by atoms with Gasteiger partial charge < -0.3 is 14.5 Å². The molecule has 0 bridgehead atoms. The Bertz CT molecular complexity index is 1070. The summed E-state index contributed by atoms with van der Waals surface area (Å²) in [5, 5.41) is 7.28. The topological polar surface area (TPSA) is 92.9 Å². The third-order valence-corrected chi connectivity index (χ3v) is 4.35. The van der Waals surface area contributed by atoms with Crippen LogP contribution in [0.2, 0.25) is 5.02 Å². The molecular formula is C22H20ClN3O4. The van der Waals surface area contributed by atoms with Gasteiger partial charge in [-0.25, -0.2) is 5.43 Å². The molecule has 0 saturated carbocycles. The van der Waals surface area contributed by atoms with Gasteiger partial charge >= 0.3 is 5.91 Å². The van der Waals surface area contributed by atoms with Crippen LogP contribution in [0.4, 0.5) is 5.69 Å². The molecule has 0 spiro atoms. The van der Waals surface area contributed by atoms with E-state index in [0.717, 1.165) is 5.56 Å². The smallest absolute Gasteiger partial charge is 0.307 e. The van der Waals surface area contributed by atoms with Crippen LogP contribution in [0.5, 0.6) is 5.75 Å². The first-order valence-corrected chi connectivity index (χ1v) is 9.49. The van der Waals surface area contributed by atoms with Crippen molar-refractivity contribution in [1.82, 2.24) is 5.43 Å². The van der Waals surface area contributed by atoms with E-state index in [0.29, 0.717) is 27.9 Å². The van der Waals surface area contributed by atoms with Gasteiger partial charge in [0.25, 0.3) is 0 Å². The van der Waals surface area contributed by atoms with Crippen molar-refractivity contribution in [2.45, 2.75) is 20.5 Å². The van der Waals surface area contributed by atoms with Crippen LogP contribution >= 0.6 is 11.6 Å². The van der Waals surface area contributed by atoms with E-state index in [1.807, 2.05) is 12.1 Å². The van der Waals surface area contributed by atoms with E-state index in [4.69, 9.17) is 20.8 Å². The number of nitrogens with zero attached hydrogens (tertiary/aromatic N) is 1. The zero-order chi connectivity index (χ0) is 21.5. The number of benzene rings is 2. The van der Waals surface area contributed by atoms with Crippen LogP contribution in [-0.4, -0.2) is 17.5 Å². The number of para-hydroxylation sites is 1. The second kappa shape index (κ2) is 9.76. The van der Waals surface area contributed by atoms with Crippen molar-refractivity contribution < 1.29 is 18.7 Å². The molecule has 2 aromatic carbocycles. The van der Waals surface area contributed by atoms with Crippen molar-refractivity contribution in [1.29, 1.82) is 0 Å². The van der Waals surface area contributed by atoms with Crippen molar-refractivity contribution in [3.63, 3.8) is 0 Å². The van der Waals surface area contributed by atoms with Crippen LogP contribution in [0, 0.1) is 0 Å². The SMILES string of the molecule is CC(=O)Nc1ccc(C(C)=NNC(=O)c2ccc(COc3ccccc3Cl)o2)cc1. The second-order valence-electron chi connectivity index (χ2n) is 6.38. The fourth-order valence-electron chi connectivity index (χ4n) is 2.54. The molecule has 1 aromatic heterocycles. The minimum atomic E-state index is -0.479. The average molecular weight is 426 g/mol. The number of nitrogens with one attached hydrogen (secondary N) is 2. The molecule has 0 atom stereocenters. The number of furan rings is 1. The van der Waals surface area contributed by atoms with Crippen LogP contribution < -0.4 is 15.5 Å². The molecule has 0 aliphatic heterocycles. The highest BCUT2D eigenvalue weighted by molar-refractivity contribution is 6.32. The van der Waals surface area contributed by atoms with Gasteiger partial charge in [-0.3, -0.25) is 9.59 Å². The Labute approximate surface area is 178 Å². The summed E-state index contributed by atoms with van der Waals surface area (Å²) in [6.07, 6.45) is 0. The van der Waals surface area contributed by atoms with Crippen molar-refractivity contribution in [2.24, 2.45) is 5.10 Å². The third kappa shape index (κ3) is 5.71. The predicted molar refractivity (Wildman–Crippen MR) is 115 cm³/mol. The Hall–Kier alpha value is -3.58. The van der Waals surface area contributed by atoms with E-state index in [2.05, 4.69) is 15.8 Å². The molecule has 2 N–H and O–H groups in total. The maximum atomic E-state index is 12.3. The van der Waals surface area contributed by atoms with Crippen molar-refractivity contribution >= 4 is 34.8 Å². The maximum Gasteiger partial charge on any atom is 0.307 e. The summed E-state index contributed by atoms with van der Waals surface area (Å²) in [5.74, 6) is 0.509. The number of amides is 2. The van der Waals surface area contributed by atoms with Crippen LogP contribution in [-0.2, 0) is 11.4 Å². The molecule has 0 aliphatic rings. The predicted octanol–water partition coefficient (Wildman–Crippen LogP) is 4.62. The number of hydrogen-bond donors (Lipinski definition) is 2. The van der Waals surface area contributed by atoms with E-state index in [1.54, 1.807) is 55.5 Å². The first-order chi connectivity index (χ1) is 14.4. The van der Waals surface area contributed by atoms with Crippen molar-refractivity contribution in [3.8, 4) is 5.75 Å². The molecule has 3 rings (SSSR count). The molecule has 0 unspecified atom stereocenters. The summed E-state index contributed by atoms with van der Waals surface area (Å²) in [6, 6.07) is 17.4. The van der Waals surface area contributed by atoms with Gasteiger partial charge in [-0.15, -0.1) is 0 Å². The zero-order valence-electron chi connectivity index (χ0n) is 16.4. The monoisotopic (exact) mass is 425 g/mol. The fraction of sp³-hybridized carbons (Fsp3) is 0.136. The highest BCUT2D eigenvalue weighted by Crippen LogP contribution is 2.24. The van der Waals surface area contributed by atoms with Gasteiger partial charge in [-0.1, -0.05) is 35.9 Å². The third-order valence-electron chi connectivity index (χ3n) is 4.04. The molecule has 8 heteroatoms. The van der Waals surface area contributed by atoms with Crippen molar-refractivity contribution in [3.05, 3.63) is 82.8 Å². The molecule has 0 aliphatic carbocycles. The normalized spacial score (nSPS) is 11.1. The van der Waals surface area contributed by atoms with E-state index < -0.39 is 5.91 Å². The standard InChI is InChI=1S/C22H20ClN3O4/c1-14(16-7-9-17(10-8-16)24-15(2)27)25-26-22(28)21-12-11-18(30-21)13-29-20-6-4-3-5-19(20)23/h3-12H,13H2,1-2H3,(H,24,27)(H,26,28). The van der Waals surface area contributed by atoms with Gasteiger partial charge in [-0.05, 0) is 48.9 Å². The lowest BCUT2D eigenvalue weighted by Crippen LogP contribution is -2.18. The molecule has 154 valence electrons. The lowest BCUT2D eigenvalue weighted by Gasteiger charge is -2.06. The minimum absolute atomic E-state index is 0.116. The number of carbonyl (C=O) groups excluding carboxylic acids is 2. The number of halogens is 1. The number of anilines is 1. The summed E-state index contributed by atoms with van der Waals surface area (Å²) in [5.41, 5.74) is 4.56. The fourth-order valence-corrected chi connectivity index (χ4v) is 2.73. The molecule has 2 amide bonds. The summed E-state index contributed by atoms with van der Waals surface area (Å²) >= 11 is 6.05. The Morgan fingerprint density at radius 3 is 2.47 bits per heavy atom.